The highest BCUT2D eigenvalue weighted by Crippen LogP contribution is 2.26. The number of carbonyl (C=O) groups excluding carboxylic acids is 1. The van der Waals surface area contributed by atoms with E-state index in [1.807, 2.05) is 30.3 Å². The second-order valence-corrected chi connectivity index (χ2v) is 4.69. The number of amides is 1. The molecule has 0 atom stereocenters. The maximum absolute atomic E-state index is 11.8. The SMILES string of the molecule is CCNC(=O)c1ccc(NCc2ccccc2)c([N+](=O)[O-])c1. The first-order chi connectivity index (χ1) is 10.6. The Morgan fingerprint density at radius 1 is 1.18 bits per heavy atom. The van der Waals surface area contributed by atoms with E-state index in [0.29, 0.717) is 18.8 Å². The summed E-state index contributed by atoms with van der Waals surface area (Å²) in [5, 5.41) is 16.9. The molecule has 22 heavy (non-hydrogen) atoms. The van der Waals surface area contributed by atoms with Crippen molar-refractivity contribution in [2.45, 2.75) is 13.5 Å². The predicted octanol–water partition coefficient (Wildman–Crippen LogP) is 2.96. The van der Waals surface area contributed by atoms with Gasteiger partial charge in [0, 0.05) is 24.7 Å². The van der Waals surface area contributed by atoms with Crippen LogP contribution in [0.5, 0.6) is 0 Å². The summed E-state index contributed by atoms with van der Waals surface area (Å²) >= 11 is 0. The third-order valence-corrected chi connectivity index (χ3v) is 3.12. The molecule has 0 aliphatic carbocycles. The van der Waals surface area contributed by atoms with Gasteiger partial charge in [0.2, 0.25) is 0 Å². The van der Waals surface area contributed by atoms with Crippen molar-refractivity contribution in [3.8, 4) is 0 Å². The number of hydrogen-bond donors (Lipinski definition) is 2. The van der Waals surface area contributed by atoms with Crippen LogP contribution in [-0.4, -0.2) is 17.4 Å². The molecule has 0 spiro atoms. The van der Waals surface area contributed by atoms with Gasteiger partial charge in [-0.2, -0.15) is 0 Å². The van der Waals surface area contributed by atoms with Gasteiger partial charge in [0.05, 0.1) is 4.92 Å². The van der Waals surface area contributed by atoms with Gasteiger partial charge in [-0.15, -0.1) is 0 Å². The van der Waals surface area contributed by atoms with Gasteiger partial charge in [0.15, 0.2) is 0 Å². The Labute approximate surface area is 128 Å². The topological polar surface area (TPSA) is 84.3 Å². The molecular formula is C16H17N3O3. The quantitative estimate of drug-likeness (QED) is 0.634. The van der Waals surface area contributed by atoms with Crippen LogP contribution in [0.1, 0.15) is 22.8 Å². The molecule has 0 fully saturated rings. The van der Waals surface area contributed by atoms with Crippen LogP contribution in [0.2, 0.25) is 0 Å². The Balaban J connectivity index is 2.20. The first kappa shape index (κ1) is 15.5. The summed E-state index contributed by atoms with van der Waals surface area (Å²) in [4.78, 5) is 22.5. The van der Waals surface area contributed by atoms with Crippen molar-refractivity contribution in [3.05, 3.63) is 69.8 Å². The molecule has 0 aliphatic heterocycles. The molecule has 0 saturated heterocycles. The molecule has 2 aromatic rings. The predicted molar refractivity (Wildman–Crippen MR) is 84.9 cm³/mol. The Morgan fingerprint density at radius 2 is 1.91 bits per heavy atom. The van der Waals surface area contributed by atoms with E-state index in [9.17, 15) is 14.9 Å². The number of nitrogens with zero attached hydrogens (tertiary/aromatic N) is 1. The fourth-order valence-electron chi connectivity index (χ4n) is 2.03. The summed E-state index contributed by atoms with van der Waals surface area (Å²) in [6.07, 6.45) is 0. The monoisotopic (exact) mass is 299 g/mol. The zero-order valence-corrected chi connectivity index (χ0v) is 12.2. The molecule has 2 aromatic carbocycles. The van der Waals surface area contributed by atoms with Gasteiger partial charge < -0.3 is 10.6 Å². The standard InChI is InChI=1S/C16H17N3O3/c1-2-17-16(20)13-8-9-14(15(10-13)19(21)22)18-11-12-6-4-3-5-7-12/h3-10,18H,2,11H2,1H3,(H,17,20). The van der Waals surface area contributed by atoms with Crippen molar-refractivity contribution in [2.24, 2.45) is 0 Å². The minimum absolute atomic E-state index is 0.111. The minimum atomic E-state index is -0.490. The lowest BCUT2D eigenvalue weighted by molar-refractivity contribution is -0.384. The van der Waals surface area contributed by atoms with E-state index >= 15 is 0 Å². The van der Waals surface area contributed by atoms with Gasteiger partial charge >= 0.3 is 0 Å². The fourth-order valence-corrected chi connectivity index (χ4v) is 2.03. The third kappa shape index (κ3) is 3.82. The van der Waals surface area contributed by atoms with Crippen LogP contribution in [0.4, 0.5) is 11.4 Å². The highest BCUT2D eigenvalue weighted by molar-refractivity contribution is 5.95. The fraction of sp³-hybridized carbons (Fsp3) is 0.188. The van der Waals surface area contributed by atoms with E-state index in [-0.39, 0.29) is 17.2 Å². The summed E-state index contributed by atoms with van der Waals surface area (Å²) in [5.41, 5.74) is 1.57. The summed E-state index contributed by atoms with van der Waals surface area (Å²) in [7, 11) is 0. The van der Waals surface area contributed by atoms with Gasteiger partial charge in [-0.25, -0.2) is 0 Å². The normalized spacial score (nSPS) is 10.0. The van der Waals surface area contributed by atoms with Crippen LogP contribution >= 0.6 is 0 Å². The zero-order chi connectivity index (χ0) is 15.9. The van der Waals surface area contributed by atoms with Gasteiger partial charge in [0.1, 0.15) is 5.69 Å². The largest absolute Gasteiger partial charge is 0.375 e. The van der Waals surface area contributed by atoms with E-state index in [1.54, 1.807) is 19.1 Å². The van der Waals surface area contributed by atoms with Crippen molar-refractivity contribution in [3.63, 3.8) is 0 Å². The van der Waals surface area contributed by atoms with E-state index in [1.165, 1.54) is 6.07 Å². The molecule has 1 amide bonds. The molecule has 114 valence electrons. The first-order valence-corrected chi connectivity index (χ1v) is 6.96. The third-order valence-electron chi connectivity index (χ3n) is 3.12. The lowest BCUT2D eigenvalue weighted by Crippen LogP contribution is -2.22. The van der Waals surface area contributed by atoms with E-state index in [0.717, 1.165) is 5.56 Å². The molecule has 0 heterocycles. The Morgan fingerprint density at radius 3 is 2.55 bits per heavy atom. The molecule has 0 aliphatic rings. The lowest BCUT2D eigenvalue weighted by atomic mass is 10.1. The maximum atomic E-state index is 11.8. The number of nitro benzene ring substituents is 1. The smallest absolute Gasteiger partial charge is 0.293 e. The molecule has 6 nitrogen and oxygen atoms in total. The highest BCUT2D eigenvalue weighted by atomic mass is 16.6. The van der Waals surface area contributed by atoms with Gasteiger partial charge in [0.25, 0.3) is 11.6 Å². The number of anilines is 1. The molecule has 0 bridgehead atoms. The number of benzene rings is 2. The summed E-state index contributed by atoms with van der Waals surface area (Å²) < 4.78 is 0. The van der Waals surface area contributed by atoms with Gasteiger partial charge in [-0.05, 0) is 24.6 Å². The molecule has 0 aromatic heterocycles. The average Bonchev–Trinajstić information content (AvgIpc) is 2.54. The second-order valence-electron chi connectivity index (χ2n) is 4.69. The van der Waals surface area contributed by atoms with E-state index < -0.39 is 4.92 Å². The average molecular weight is 299 g/mol. The Hall–Kier alpha value is -2.89. The highest BCUT2D eigenvalue weighted by Gasteiger charge is 2.17. The number of carbonyl (C=O) groups is 1. The van der Waals surface area contributed by atoms with Crippen molar-refractivity contribution in [1.29, 1.82) is 0 Å². The molecular weight excluding hydrogens is 282 g/mol. The zero-order valence-electron chi connectivity index (χ0n) is 12.2. The van der Waals surface area contributed by atoms with Crippen LogP contribution < -0.4 is 10.6 Å². The van der Waals surface area contributed by atoms with Crippen LogP contribution in [0.15, 0.2) is 48.5 Å². The Kier molecular flexibility index (Phi) is 5.08. The van der Waals surface area contributed by atoms with Crippen LogP contribution in [0, 0.1) is 10.1 Å². The van der Waals surface area contributed by atoms with Gasteiger partial charge in [-0.1, -0.05) is 30.3 Å². The van der Waals surface area contributed by atoms with Crippen LogP contribution in [0.3, 0.4) is 0 Å². The molecule has 2 N–H and O–H groups in total. The molecule has 6 heteroatoms. The van der Waals surface area contributed by atoms with Gasteiger partial charge in [-0.3, -0.25) is 14.9 Å². The minimum Gasteiger partial charge on any atom is -0.375 e. The number of hydrogen-bond acceptors (Lipinski definition) is 4. The molecule has 0 unspecified atom stereocenters. The molecule has 2 rings (SSSR count). The lowest BCUT2D eigenvalue weighted by Gasteiger charge is -2.09. The molecule has 0 saturated carbocycles. The van der Waals surface area contributed by atoms with Crippen molar-refractivity contribution in [1.82, 2.24) is 5.32 Å². The number of nitro groups is 1. The van der Waals surface area contributed by atoms with E-state index in [4.69, 9.17) is 0 Å². The maximum Gasteiger partial charge on any atom is 0.293 e. The number of nitrogens with one attached hydrogen (secondary N) is 2. The summed E-state index contributed by atoms with van der Waals surface area (Å²) in [5.74, 6) is -0.319. The molecule has 0 radical (unpaired) electrons. The second kappa shape index (κ2) is 7.21. The van der Waals surface area contributed by atoms with Crippen LogP contribution in [0.25, 0.3) is 0 Å². The van der Waals surface area contributed by atoms with Crippen molar-refractivity contribution in [2.75, 3.05) is 11.9 Å². The van der Waals surface area contributed by atoms with Crippen molar-refractivity contribution < 1.29 is 9.72 Å². The van der Waals surface area contributed by atoms with E-state index in [2.05, 4.69) is 10.6 Å². The summed E-state index contributed by atoms with van der Waals surface area (Å²) in [6, 6.07) is 14.0. The van der Waals surface area contributed by atoms with Crippen LogP contribution in [-0.2, 0) is 6.54 Å². The Bertz CT molecular complexity index is 672. The first-order valence-electron chi connectivity index (χ1n) is 6.96. The van der Waals surface area contributed by atoms with Crippen molar-refractivity contribution >= 4 is 17.3 Å². The number of rotatable bonds is 6. The summed E-state index contributed by atoms with van der Waals surface area (Å²) in [6.45, 7) is 2.74.